The summed E-state index contributed by atoms with van der Waals surface area (Å²) in [6.07, 6.45) is 82.1. The molecule has 0 aliphatic heterocycles. The maximum absolute atomic E-state index is 13.1. The molecule has 8 nitrogen and oxygen atoms in total. The Morgan fingerprint density at radius 3 is 0.522 bits per heavy atom. The highest BCUT2D eigenvalue weighted by atomic mass is 16.5. The van der Waals surface area contributed by atoms with Gasteiger partial charge in [-0.15, -0.1) is 0 Å². The van der Waals surface area contributed by atoms with Gasteiger partial charge in [0.2, 0.25) is 0 Å². The number of hydrogen-bond donors (Lipinski definition) is 0. The monoisotopic (exact) mass is 1270 g/mol. The van der Waals surface area contributed by atoms with Crippen LogP contribution in [0.15, 0.2) is 0 Å². The molecule has 0 amide bonds. The molecule has 90 heavy (non-hydrogen) atoms. The van der Waals surface area contributed by atoms with E-state index in [-0.39, 0.29) is 17.9 Å². The van der Waals surface area contributed by atoms with Crippen molar-refractivity contribution in [3.8, 4) is 0 Å². The molecule has 0 N–H and O–H groups in total. The molecule has 0 aromatic heterocycles. The van der Waals surface area contributed by atoms with Crippen LogP contribution in [-0.4, -0.2) is 100 Å². The highest BCUT2D eigenvalue weighted by Gasteiger charge is 2.27. The number of likely N-dealkylation sites (N-methyl/N-ethyl adjacent to an activating group) is 2. The summed E-state index contributed by atoms with van der Waals surface area (Å²) in [6, 6.07) is 0. The van der Waals surface area contributed by atoms with Gasteiger partial charge in [-0.3, -0.25) is 14.4 Å². The molecule has 1 atom stereocenters. The number of nitrogens with zero attached hydrogens (tertiary/aromatic N) is 2. The van der Waals surface area contributed by atoms with Gasteiger partial charge in [-0.05, 0) is 32.1 Å². The second kappa shape index (κ2) is 71.6. The Bertz CT molecular complexity index is 1410. The molecule has 0 spiro atoms. The van der Waals surface area contributed by atoms with Crippen LogP contribution in [0.25, 0.3) is 0 Å². The zero-order valence-corrected chi connectivity index (χ0v) is 62.5. The van der Waals surface area contributed by atoms with Crippen LogP contribution in [-0.2, 0) is 28.6 Å². The second-order valence-electron chi connectivity index (χ2n) is 29.6. The van der Waals surface area contributed by atoms with Crippen molar-refractivity contribution in [1.82, 2.24) is 0 Å². The first-order chi connectivity index (χ1) is 44.1. The van der Waals surface area contributed by atoms with Gasteiger partial charge in [0.1, 0.15) is 39.5 Å². The van der Waals surface area contributed by atoms with Crippen molar-refractivity contribution >= 4 is 17.9 Å². The first-order valence-corrected chi connectivity index (χ1v) is 41.3. The van der Waals surface area contributed by atoms with Crippen LogP contribution in [0.2, 0.25) is 0 Å². The first kappa shape index (κ1) is 88.3. The number of ether oxygens (including phenoxy) is 3. The molecule has 0 radical (unpaired) electrons. The molecule has 0 aromatic rings. The van der Waals surface area contributed by atoms with Crippen molar-refractivity contribution in [3.05, 3.63) is 0 Å². The van der Waals surface area contributed by atoms with Crippen molar-refractivity contribution in [2.75, 3.05) is 73.2 Å². The lowest BCUT2D eigenvalue weighted by Gasteiger charge is -2.38. The van der Waals surface area contributed by atoms with Crippen LogP contribution in [0.5, 0.6) is 0 Å². The molecule has 0 aliphatic carbocycles. The quantitative estimate of drug-likeness (QED) is 0.0261. The van der Waals surface area contributed by atoms with E-state index in [1.165, 1.54) is 347 Å². The van der Waals surface area contributed by atoms with Gasteiger partial charge in [0, 0.05) is 25.7 Å². The normalized spacial score (nSPS) is 12.5. The summed E-state index contributed by atoms with van der Waals surface area (Å²) < 4.78 is 19.5. The van der Waals surface area contributed by atoms with Crippen molar-refractivity contribution in [2.24, 2.45) is 0 Å². The van der Waals surface area contributed by atoms with Gasteiger partial charge in [-0.2, -0.15) is 0 Å². The van der Waals surface area contributed by atoms with Gasteiger partial charge in [-0.1, -0.05) is 381 Å². The van der Waals surface area contributed by atoms with Crippen LogP contribution in [0.4, 0.5) is 0 Å². The summed E-state index contributed by atoms with van der Waals surface area (Å²) in [7, 11) is 4.65. The average Bonchev–Trinajstić information content (AvgIpc) is 3.00. The molecular weight excluding hydrogens is 1110 g/mol. The zero-order valence-electron chi connectivity index (χ0n) is 62.5. The topological polar surface area (TPSA) is 78.9 Å². The summed E-state index contributed by atoms with van der Waals surface area (Å²) in [4.78, 5) is 39.2. The summed E-state index contributed by atoms with van der Waals surface area (Å²) in [5.41, 5.74) is 0. The fraction of sp³-hybridized carbons (Fsp3) is 0.963. The minimum atomic E-state index is -0.0759. The summed E-state index contributed by atoms with van der Waals surface area (Å²) in [5.74, 6) is -0.184. The summed E-state index contributed by atoms with van der Waals surface area (Å²) >= 11 is 0. The Labute approximate surface area is 564 Å². The molecular formula is C82H164N2O6+2. The molecule has 0 saturated heterocycles. The molecule has 8 heteroatoms. The van der Waals surface area contributed by atoms with E-state index < -0.39 is 0 Å². The smallest absolute Gasteiger partial charge is 0.305 e. The van der Waals surface area contributed by atoms with Crippen molar-refractivity contribution in [3.63, 3.8) is 0 Å². The number of unbranched alkanes of at least 4 members (excludes halogenated alkanes) is 56. The van der Waals surface area contributed by atoms with E-state index in [0.717, 1.165) is 75.6 Å². The van der Waals surface area contributed by atoms with Crippen molar-refractivity contribution < 1.29 is 37.6 Å². The average molecular weight is 1270 g/mol. The fourth-order valence-corrected chi connectivity index (χ4v) is 13.6. The Kier molecular flexibility index (Phi) is 70.3. The summed E-state index contributed by atoms with van der Waals surface area (Å²) in [5, 5.41) is 0. The first-order valence-electron chi connectivity index (χ1n) is 41.3. The minimum absolute atomic E-state index is 0.0317. The Balaban J connectivity index is 5.27. The minimum Gasteiger partial charge on any atom is -0.460 e. The van der Waals surface area contributed by atoms with Gasteiger partial charge in [0.15, 0.2) is 0 Å². The van der Waals surface area contributed by atoms with Crippen LogP contribution in [0, 0.1) is 0 Å². The number of carbonyl (C=O) groups is 3. The number of esters is 3. The van der Waals surface area contributed by atoms with Crippen LogP contribution in [0.3, 0.4) is 0 Å². The van der Waals surface area contributed by atoms with Gasteiger partial charge in [0.25, 0.3) is 0 Å². The van der Waals surface area contributed by atoms with Crippen LogP contribution >= 0.6 is 0 Å². The third-order valence-electron chi connectivity index (χ3n) is 20.3. The number of quaternary nitrogens is 2. The third-order valence-corrected chi connectivity index (χ3v) is 20.3. The van der Waals surface area contributed by atoms with E-state index in [0.29, 0.717) is 56.7 Å². The van der Waals surface area contributed by atoms with Crippen molar-refractivity contribution in [2.45, 2.75) is 439 Å². The van der Waals surface area contributed by atoms with E-state index in [2.05, 4.69) is 41.8 Å². The van der Waals surface area contributed by atoms with E-state index in [1.54, 1.807) is 0 Å². The molecule has 0 rings (SSSR count). The maximum atomic E-state index is 13.1. The van der Waals surface area contributed by atoms with Crippen LogP contribution < -0.4 is 0 Å². The SMILES string of the molecule is CCCCCCCCCCCCCCCCCC(=O)OCC[N+](C)(CCCCCCCCCCCCCCCCC)CCC[N+](C)(CCOC(=O)CCCCCCCCCCCCCCCCC)CCOC(=O)CCCCCCCCCCCCCCCCC. The van der Waals surface area contributed by atoms with Gasteiger partial charge in [0.05, 0.1) is 33.7 Å². The zero-order chi connectivity index (χ0) is 65.5. The Morgan fingerprint density at radius 2 is 0.333 bits per heavy atom. The van der Waals surface area contributed by atoms with E-state index in [4.69, 9.17) is 14.2 Å². The van der Waals surface area contributed by atoms with Gasteiger partial charge in [-0.25, -0.2) is 0 Å². The van der Waals surface area contributed by atoms with Gasteiger partial charge >= 0.3 is 17.9 Å². The standard InChI is InChI=1S/C82H164N2O6/c1-7-11-15-19-23-27-31-35-39-43-47-51-55-59-63-68-80(85)88-77-74-83(5,71-66-62-58-54-50-46-42-38-34-30-26-22-18-14-10-4)72-67-73-84(6,75-78-89-81(86)69-64-60-56-52-48-44-40-36-32-28-24-20-16-12-8-2)76-79-90-82(87)70-65-61-57-53-49-45-41-37-33-29-25-21-17-13-9-3/h7-79H2,1-6H3/q+2. The largest absolute Gasteiger partial charge is 0.460 e. The highest BCUT2D eigenvalue weighted by molar-refractivity contribution is 5.69. The lowest BCUT2D eigenvalue weighted by atomic mass is 10.0. The van der Waals surface area contributed by atoms with Crippen molar-refractivity contribution in [1.29, 1.82) is 0 Å². The lowest BCUT2D eigenvalue weighted by Crippen LogP contribution is -2.52. The Hall–Kier alpha value is -1.67. The molecule has 0 saturated carbocycles. The van der Waals surface area contributed by atoms with E-state index >= 15 is 0 Å². The molecule has 1 unspecified atom stereocenters. The molecule has 536 valence electrons. The molecule has 0 aromatic carbocycles. The third kappa shape index (κ3) is 67.7. The maximum Gasteiger partial charge on any atom is 0.305 e. The molecule has 0 fully saturated rings. The predicted octanol–water partition coefficient (Wildman–Crippen LogP) is 25.6. The molecule has 0 aliphatic rings. The fourth-order valence-electron chi connectivity index (χ4n) is 13.6. The van der Waals surface area contributed by atoms with Gasteiger partial charge < -0.3 is 23.2 Å². The summed E-state index contributed by atoms with van der Waals surface area (Å²) in [6.45, 7) is 15.7. The predicted molar refractivity (Wildman–Crippen MR) is 393 cm³/mol. The van der Waals surface area contributed by atoms with E-state index in [1.807, 2.05) is 0 Å². The Morgan fingerprint density at radius 1 is 0.189 bits per heavy atom. The molecule has 0 bridgehead atoms. The number of carbonyl (C=O) groups excluding carboxylic acids is 3. The second-order valence-corrected chi connectivity index (χ2v) is 29.6. The number of hydrogen-bond acceptors (Lipinski definition) is 6. The van der Waals surface area contributed by atoms with Crippen LogP contribution in [0.1, 0.15) is 439 Å². The van der Waals surface area contributed by atoms with E-state index in [9.17, 15) is 14.4 Å². The molecule has 0 heterocycles. The number of rotatable bonds is 77. The highest BCUT2D eigenvalue weighted by Crippen LogP contribution is 2.20. The lowest BCUT2D eigenvalue weighted by molar-refractivity contribution is -0.928.